The molecule has 0 aromatic rings. The van der Waals surface area contributed by atoms with E-state index in [0.717, 1.165) is 0 Å². The molecule has 1 rings (SSSR count). The Bertz CT molecular complexity index is 84.9. The highest BCUT2D eigenvalue weighted by Gasteiger charge is 2.00. The summed E-state index contributed by atoms with van der Waals surface area (Å²) in [7, 11) is 0. The van der Waals surface area contributed by atoms with Crippen LogP contribution in [0.25, 0.3) is 0 Å². The van der Waals surface area contributed by atoms with Crippen molar-refractivity contribution < 1.29 is 4.79 Å². The van der Waals surface area contributed by atoms with Crippen LogP contribution in [0, 0.1) is 0 Å². The molecule has 0 spiro atoms. The van der Waals surface area contributed by atoms with Crippen LogP contribution in [0.4, 0.5) is 0 Å². The molecule has 0 amide bonds. The van der Waals surface area contributed by atoms with Crippen molar-refractivity contribution in [3.05, 3.63) is 0 Å². The summed E-state index contributed by atoms with van der Waals surface area (Å²) in [5, 5.41) is 0. The number of rotatable bonds is 0. The highest BCUT2D eigenvalue weighted by atomic mass is 16.1. The smallest absolute Gasteiger partial charge is 0.194 e. The second-order valence-electron chi connectivity index (χ2n) is 0.936. The first-order chi connectivity index (χ1) is 2.39. The topological polar surface area (TPSA) is 29.4 Å². The molecule has 0 aliphatic carbocycles. The number of hydrogen-bond donors (Lipinski definition) is 0. The molecule has 2 nitrogen and oxygen atoms in total. The molecule has 0 atom stereocenters. The predicted octanol–water partition coefficient (Wildman–Crippen LogP) is -0.360. The van der Waals surface area contributed by atoms with Crippen LogP contribution >= 0.6 is 0 Å². The fraction of sp³-hybridized carbons (Fsp3) is 0.333. The molecule has 0 bridgehead atoms. The summed E-state index contributed by atoms with van der Waals surface area (Å²) in [6, 6.07) is 0. The fourth-order valence-electron chi connectivity index (χ4n) is 0.166. The van der Waals surface area contributed by atoms with Crippen LogP contribution in [-0.2, 0) is 4.79 Å². The molecular formula is C3H3NO. The van der Waals surface area contributed by atoms with Crippen molar-refractivity contribution in [3.63, 3.8) is 0 Å². The number of Topliss-reactive ketones (excluding diaryl/α,β-unsaturated/α-hetero) is 1. The molecular weight excluding hydrogens is 66.0 g/mol. The molecule has 0 saturated carbocycles. The molecule has 0 aromatic carbocycles. The molecule has 26 valence electrons. The van der Waals surface area contributed by atoms with Gasteiger partial charge in [-0.25, -0.2) is 0 Å². The predicted molar refractivity (Wildman–Crippen MR) is 18.4 cm³/mol. The molecule has 0 saturated heterocycles. The third-order valence-electron chi connectivity index (χ3n) is 0.482. The van der Waals surface area contributed by atoms with E-state index in [2.05, 4.69) is 4.99 Å². The second kappa shape index (κ2) is 0.641. The van der Waals surface area contributed by atoms with Crippen LogP contribution in [0.1, 0.15) is 0 Å². The molecule has 0 aromatic heterocycles. The van der Waals surface area contributed by atoms with Gasteiger partial charge in [0.1, 0.15) is 6.54 Å². The zero-order valence-corrected chi connectivity index (χ0v) is 2.64. The summed E-state index contributed by atoms with van der Waals surface area (Å²) in [5.74, 6) is 0.144. The van der Waals surface area contributed by atoms with Crippen LogP contribution in [0.15, 0.2) is 4.99 Å². The lowest BCUT2D eigenvalue weighted by molar-refractivity contribution is -0.112. The van der Waals surface area contributed by atoms with Gasteiger partial charge in [0.05, 0.1) is 6.21 Å². The van der Waals surface area contributed by atoms with Crippen LogP contribution < -0.4 is 0 Å². The maximum absolute atomic E-state index is 9.75. The molecule has 5 heavy (non-hydrogen) atoms. The van der Waals surface area contributed by atoms with Crippen molar-refractivity contribution in [1.29, 1.82) is 0 Å². The minimum Gasteiger partial charge on any atom is -0.291 e. The van der Waals surface area contributed by atoms with Gasteiger partial charge < -0.3 is 0 Å². The third kappa shape index (κ3) is 0.210. The molecule has 2 heteroatoms. The van der Waals surface area contributed by atoms with E-state index in [4.69, 9.17) is 0 Å². The van der Waals surface area contributed by atoms with Crippen LogP contribution in [-0.4, -0.2) is 18.5 Å². The lowest BCUT2D eigenvalue weighted by Crippen LogP contribution is -2.13. The summed E-state index contributed by atoms with van der Waals surface area (Å²) >= 11 is 0. The Balaban J connectivity index is 2.71. The summed E-state index contributed by atoms with van der Waals surface area (Å²) in [4.78, 5) is 13.3. The maximum Gasteiger partial charge on any atom is 0.194 e. The summed E-state index contributed by atoms with van der Waals surface area (Å²) in [6.45, 7) is 0.417. The lowest BCUT2D eigenvalue weighted by Gasteiger charge is -1.92. The van der Waals surface area contributed by atoms with E-state index < -0.39 is 0 Å². The van der Waals surface area contributed by atoms with Crippen molar-refractivity contribution >= 4 is 12.0 Å². The molecule has 1 heterocycles. The van der Waals surface area contributed by atoms with Crippen LogP contribution in [0.3, 0.4) is 0 Å². The molecule has 0 unspecified atom stereocenters. The lowest BCUT2D eigenvalue weighted by atomic mass is 10.3. The molecule has 1 aliphatic rings. The quantitative estimate of drug-likeness (QED) is 0.382. The highest BCUT2D eigenvalue weighted by Crippen LogP contribution is 1.79. The van der Waals surface area contributed by atoms with E-state index in [1.54, 1.807) is 0 Å². The Morgan fingerprint density at radius 3 is 2.40 bits per heavy atom. The zero-order chi connectivity index (χ0) is 3.70. The van der Waals surface area contributed by atoms with Crippen molar-refractivity contribution in [2.45, 2.75) is 0 Å². The van der Waals surface area contributed by atoms with E-state index in [9.17, 15) is 4.79 Å². The number of hydrogen-bond acceptors (Lipinski definition) is 2. The first-order valence-electron chi connectivity index (χ1n) is 1.42. The Kier molecular flexibility index (Phi) is 0.330. The highest BCUT2D eigenvalue weighted by molar-refractivity contribution is 6.33. The van der Waals surface area contributed by atoms with E-state index in [-0.39, 0.29) is 5.78 Å². The Labute approximate surface area is 29.5 Å². The number of carbonyl (C=O) groups is 1. The Morgan fingerprint density at radius 2 is 2.40 bits per heavy atom. The minimum atomic E-state index is 0.144. The third-order valence-corrected chi connectivity index (χ3v) is 0.482. The summed E-state index contributed by atoms with van der Waals surface area (Å²) in [5.41, 5.74) is 0. The largest absolute Gasteiger partial charge is 0.291 e. The average molecular weight is 69.1 g/mol. The number of aliphatic imine (C=N–C) groups is 1. The number of nitrogens with zero attached hydrogens (tertiary/aromatic N) is 1. The van der Waals surface area contributed by atoms with Crippen molar-refractivity contribution in [1.82, 2.24) is 0 Å². The zero-order valence-electron chi connectivity index (χ0n) is 2.64. The van der Waals surface area contributed by atoms with Gasteiger partial charge in [-0.15, -0.1) is 0 Å². The minimum absolute atomic E-state index is 0.144. The van der Waals surface area contributed by atoms with E-state index in [0.29, 0.717) is 6.54 Å². The molecule has 0 fully saturated rings. The van der Waals surface area contributed by atoms with Gasteiger partial charge in [-0.05, 0) is 0 Å². The van der Waals surface area contributed by atoms with Gasteiger partial charge in [-0.1, -0.05) is 0 Å². The van der Waals surface area contributed by atoms with Crippen molar-refractivity contribution in [2.75, 3.05) is 6.54 Å². The standard InChI is InChI=1S/C3H3NO/c5-3-1-4-2-3/h1H,2H2. The number of carbonyl (C=O) groups excluding carboxylic acids is 1. The Hall–Kier alpha value is -0.660. The van der Waals surface area contributed by atoms with Gasteiger partial charge in [-0.2, -0.15) is 0 Å². The van der Waals surface area contributed by atoms with Crippen molar-refractivity contribution in [2.24, 2.45) is 4.99 Å². The van der Waals surface area contributed by atoms with E-state index in [1.165, 1.54) is 6.21 Å². The van der Waals surface area contributed by atoms with Crippen LogP contribution in [0.2, 0.25) is 0 Å². The van der Waals surface area contributed by atoms with Crippen molar-refractivity contribution in [3.8, 4) is 0 Å². The Morgan fingerprint density at radius 1 is 2.00 bits per heavy atom. The summed E-state index contributed by atoms with van der Waals surface area (Å²) < 4.78 is 0. The van der Waals surface area contributed by atoms with Gasteiger partial charge in [0, 0.05) is 0 Å². The molecule has 0 N–H and O–H groups in total. The van der Waals surface area contributed by atoms with E-state index >= 15 is 0 Å². The maximum atomic E-state index is 9.75. The van der Waals surface area contributed by atoms with Gasteiger partial charge in [0.15, 0.2) is 5.78 Å². The van der Waals surface area contributed by atoms with Gasteiger partial charge in [0.25, 0.3) is 0 Å². The van der Waals surface area contributed by atoms with Crippen LogP contribution in [0.5, 0.6) is 0 Å². The van der Waals surface area contributed by atoms with Gasteiger partial charge >= 0.3 is 0 Å². The first-order valence-corrected chi connectivity index (χ1v) is 1.42. The van der Waals surface area contributed by atoms with Gasteiger partial charge in [0.2, 0.25) is 0 Å². The SMILES string of the molecule is O=C1C=NC1. The average Bonchev–Trinajstić information content (AvgIpc) is 1.30. The summed E-state index contributed by atoms with van der Waals surface area (Å²) in [6.07, 6.45) is 1.33. The molecule has 1 aliphatic heterocycles. The monoisotopic (exact) mass is 69.0 g/mol. The normalized spacial score (nSPS) is 18.8. The van der Waals surface area contributed by atoms with E-state index in [1.807, 2.05) is 0 Å². The van der Waals surface area contributed by atoms with Gasteiger partial charge in [-0.3, -0.25) is 9.79 Å². The fourth-order valence-corrected chi connectivity index (χ4v) is 0.166. The first kappa shape index (κ1) is 2.57. The second-order valence-corrected chi connectivity index (χ2v) is 0.936. The molecule has 0 radical (unpaired) electrons. The number of ketones is 1.